The molecule has 52 valence electrons. The smallest absolute Gasteiger partial charge is 0.151 e. The van der Waals surface area contributed by atoms with Crippen LogP contribution in [0.5, 0.6) is 0 Å². The van der Waals surface area contributed by atoms with E-state index in [9.17, 15) is 0 Å². The van der Waals surface area contributed by atoms with Crippen LogP contribution >= 0.6 is 0 Å². The van der Waals surface area contributed by atoms with Crippen LogP contribution in [0.15, 0.2) is 0 Å². The van der Waals surface area contributed by atoms with Gasteiger partial charge in [0.05, 0.1) is 19.6 Å². The Hall–Kier alpha value is -0.0800. The number of hydrogen-bond donors (Lipinski definition) is 1. The van der Waals surface area contributed by atoms with Gasteiger partial charge in [-0.05, 0) is 6.92 Å². The molecule has 2 fully saturated rings. The van der Waals surface area contributed by atoms with Gasteiger partial charge in [0.25, 0.3) is 0 Å². The summed E-state index contributed by atoms with van der Waals surface area (Å²) >= 11 is 0. The predicted molar refractivity (Wildman–Crippen MR) is 37.2 cm³/mol. The normalized spacial score (nSPS) is 48.3. The zero-order valence-corrected chi connectivity index (χ0v) is 6.06. The highest BCUT2D eigenvalue weighted by molar-refractivity contribution is 4.80. The Balaban J connectivity index is 2.01. The highest BCUT2D eigenvalue weighted by atomic mass is 15.5. The number of nitrogens with one attached hydrogen (secondary N) is 1. The van der Waals surface area contributed by atoms with Crippen LogP contribution in [-0.2, 0) is 0 Å². The van der Waals surface area contributed by atoms with Crippen molar-refractivity contribution in [3.63, 3.8) is 0 Å². The van der Waals surface area contributed by atoms with Crippen LogP contribution < -0.4 is 5.32 Å². The third kappa shape index (κ3) is 0.700. The second-order valence-electron chi connectivity index (χ2n) is 3.30. The molecule has 2 rings (SSSR count). The summed E-state index contributed by atoms with van der Waals surface area (Å²) in [6.07, 6.45) is 0. The van der Waals surface area contributed by atoms with Crippen molar-refractivity contribution in [2.75, 3.05) is 32.7 Å². The number of quaternary nitrogens is 1. The van der Waals surface area contributed by atoms with E-state index in [1.54, 1.807) is 0 Å². The molecule has 2 unspecified atom stereocenters. The molecule has 0 aromatic carbocycles. The Morgan fingerprint density at radius 3 is 3.11 bits per heavy atom. The summed E-state index contributed by atoms with van der Waals surface area (Å²) in [5, 5.41) is 3.42. The lowest BCUT2D eigenvalue weighted by Crippen LogP contribution is -2.44. The van der Waals surface area contributed by atoms with Gasteiger partial charge in [-0.25, -0.2) is 0 Å². The van der Waals surface area contributed by atoms with Gasteiger partial charge in [-0.1, -0.05) is 0 Å². The van der Waals surface area contributed by atoms with E-state index in [2.05, 4.69) is 12.2 Å². The van der Waals surface area contributed by atoms with Crippen molar-refractivity contribution in [2.24, 2.45) is 0 Å². The molecule has 0 saturated carbocycles. The molecule has 0 spiro atoms. The Labute approximate surface area is 56.4 Å². The second-order valence-corrected chi connectivity index (χ2v) is 3.30. The van der Waals surface area contributed by atoms with Gasteiger partial charge in [0.1, 0.15) is 6.54 Å². The standard InChI is InChI=1S/C7H15N2/c1-2-9-4-3-8-5-7(9)6-9/h7-8H,2-6H2,1H3/q+1. The molecule has 2 aliphatic heterocycles. The molecule has 2 atom stereocenters. The van der Waals surface area contributed by atoms with Gasteiger partial charge < -0.3 is 9.80 Å². The minimum atomic E-state index is 0.990. The number of hydrogen-bond acceptors (Lipinski definition) is 1. The first-order valence-corrected chi connectivity index (χ1v) is 3.94. The van der Waals surface area contributed by atoms with Gasteiger partial charge in [0.2, 0.25) is 0 Å². The lowest BCUT2D eigenvalue weighted by Gasteiger charge is -2.22. The molecule has 0 aromatic rings. The lowest BCUT2D eigenvalue weighted by atomic mass is 10.3. The van der Waals surface area contributed by atoms with Gasteiger partial charge in [0.15, 0.2) is 6.04 Å². The Bertz CT molecular complexity index is 124. The van der Waals surface area contributed by atoms with Crippen LogP contribution in [0.2, 0.25) is 0 Å². The number of nitrogens with zero attached hydrogens (tertiary/aromatic N) is 1. The molecule has 9 heavy (non-hydrogen) atoms. The maximum absolute atomic E-state index is 3.42. The van der Waals surface area contributed by atoms with E-state index in [-0.39, 0.29) is 0 Å². The summed E-state index contributed by atoms with van der Waals surface area (Å²) in [5.41, 5.74) is 0. The third-order valence-corrected chi connectivity index (χ3v) is 2.96. The van der Waals surface area contributed by atoms with Crippen LogP contribution in [0.3, 0.4) is 0 Å². The molecule has 0 aliphatic carbocycles. The maximum atomic E-state index is 3.42. The summed E-state index contributed by atoms with van der Waals surface area (Å²) in [6.45, 7) is 9.00. The zero-order valence-electron chi connectivity index (χ0n) is 6.06. The van der Waals surface area contributed by atoms with Gasteiger partial charge in [-0.2, -0.15) is 0 Å². The fraction of sp³-hybridized carbons (Fsp3) is 1.00. The molecule has 2 heterocycles. The largest absolute Gasteiger partial charge is 0.310 e. The molecule has 2 aliphatic rings. The van der Waals surface area contributed by atoms with Crippen molar-refractivity contribution >= 4 is 0 Å². The summed E-state index contributed by atoms with van der Waals surface area (Å²) < 4.78 is 1.42. The van der Waals surface area contributed by atoms with Crippen LogP contribution in [0.1, 0.15) is 6.92 Å². The number of likely N-dealkylation sites (N-methyl/N-ethyl adjacent to an activating group) is 1. The number of piperazine rings is 1. The fourth-order valence-corrected chi connectivity index (χ4v) is 2.02. The van der Waals surface area contributed by atoms with Crippen molar-refractivity contribution in [1.29, 1.82) is 0 Å². The molecule has 0 bridgehead atoms. The third-order valence-electron chi connectivity index (χ3n) is 2.96. The van der Waals surface area contributed by atoms with E-state index >= 15 is 0 Å². The predicted octanol–water partition coefficient (Wildman–Crippen LogP) is -0.191. The minimum Gasteiger partial charge on any atom is -0.310 e. The molecule has 0 radical (unpaired) electrons. The fourth-order valence-electron chi connectivity index (χ4n) is 2.02. The maximum Gasteiger partial charge on any atom is 0.151 e. The van der Waals surface area contributed by atoms with Gasteiger partial charge >= 0.3 is 0 Å². The second kappa shape index (κ2) is 1.70. The van der Waals surface area contributed by atoms with E-state index in [4.69, 9.17) is 0 Å². The van der Waals surface area contributed by atoms with E-state index in [0.29, 0.717) is 0 Å². The average Bonchev–Trinajstić information content (AvgIpc) is 2.62. The summed E-state index contributed by atoms with van der Waals surface area (Å²) in [5.74, 6) is 0. The van der Waals surface area contributed by atoms with E-state index < -0.39 is 0 Å². The van der Waals surface area contributed by atoms with Crippen LogP contribution in [-0.4, -0.2) is 43.2 Å². The summed E-state index contributed by atoms with van der Waals surface area (Å²) in [6, 6.07) is 0.990. The quantitative estimate of drug-likeness (QED) is 0.380. The highest BCUT2D eigenvalue weighted by Crippen LogP contribution is 2.31. The van der Waals surface area contributed by atoms with Crippen LogP contribution in [0.25, 0.3) is 0 Å². The van der Waals surface area contributed by atoms with Crippen LogP contribution in [0, 0.1) is 0 Å². The monoisotopic (exact) mass is 127 g/mol. The molecule has 2 nitrogen and oxygen atoms in total. The molecule has 1 N–H and O–H groups in total. The Kier molecular flexibility index (Phi) is 1.08. The Morgan fingerprint density at radius 1 is 1.67 bits per heavy atom. The molecule has 2 saturated heterocycles. The molecular formula is C7H15N2+. The van der Waals surface area contributed by atoms with Gasteiger partial charge in [-0.3, -0.25) is 0 Å². The first-order valence-electron chi connectivity index (χ1n) is 3.94. The minimum absolute atomic E-state index is 0.990. The molecular weight excluding hydrogens is 112 g/mol. The average molecular weight is 127 g/mol. The first kappa shape index (κ1) is 5.69. The van der Waals surface area contributed by atoms with Crippen LogP contribution in [0.4, 0.5) is 0 Å². The van der Waals surface area contributed by atoms with E-state index in [1.807, 2.05) is 0 Å². The van der Waals surface area contributed by atoms with E-state index in [1.165, 1.54) is 37.2 Å². The van der Waals surface area contributed by atoms with Crippen molar-refractivity contribution < 1.29 is 4.48 Å². The highest BCUT2D eigenvalue weighted by Gasteiger charge is 2.54. The first-order chi connectivity index (χ1) is 4.37. The number of rotatable bonds is 1. The van der Waals surface area contributed by atoms with Crippen molar-refractivity contribution in [2.45, 2.75) is 13.0 Å². The Morgan fingerprint density at radius 2 is 2.56 bits per heavy atom. The zero-order chi connectivity index (χ0) is 6.32. The molecule has 0 aromatic heterocycles. The topological polar surface area (TPSA) is 12.0 Å². The summed E-state index contributed by atoms with van der Waals surface area (Å²) in [7, 11) is 0. The van der Waals surface area contributed by atoms with Gasteiger partial charge in [0, 0.05) is 6.54 Å². The van der Waals surface area contributed by atoms with E-state index in [0.717, 1.165) is 6.04 Å². The van der Waals surface area contributed by atoms with Crippen molar-refractivity contribution in [3.05, 3.63) is 0 Å². The van der Waals surface area contributed by atoms with Crippen molar-refractivity contribution in [3.8, 4) is 0 Å². The van der Waals surface area contributed by atoms with Crippen molar-refractivity contribution in [1.82, 2.24) is 5.32 Å². The molecule has 0 amide bonds. The number of fused-ring (bicyclic) bond motifs is 1. The SMILES string of the molecule is CC[N+]12CCNCC1C2. The summed E-state index contributed by atoms with van der Waals surface area (Å²) in [4.78, 5) is 0. The molecule has 2 heteroatoms. The van der Waals surface area contributed by atoms with Gasteiger partial charge in [-0.15, -0.1) is 0 Å². The lowest BCUT2D eigenvalue weighted by molar-refractivity contribution is -0.813.